The van der Waals surface area contributed by atoms with Crippen molar-refractivity contribution in [2.75, 3.05) is 13.3 Å². The fraction of sp³-hybridized carbons (Fsp3) is 0.429. The molecule has 3 rings (SSSR count). The van der Waals surface area contributed by atoms with Gasteiger partial charge in [0.1, 0.15) is 0 Å². The van der Waals surface area contributed by atoms with Crippen LogP contribution in [-0.2, 0) is 22.9 Å². The van der Waals surface area contributed by atoms with E-state index in [1.807, 2.05) is 3.33 Å². The van der Waals surface area contributed by atoms with Crippen LogP contribution in [0.25, 0.3) is 6.08 Å². The van der Waals surface area contributed by atoms with Crippen LogP contribution in [0.5, 0.6) is 0 Å². The van der Waals surface area contributed by atoms with Crippen LogP contribution in [0.15, 0.2) is 50.1 Å². The molecule has 1 atom stereocenters. The van der Waals surface area contributed by atoms with Crippen LogP contribution in [0, 0.1) is 0 Å². The molecule has 1 unspecified atom stereocenters. The van der Waals surface area contributed by atoms with E-state index in [2.05, 4.69) is 63.6 Å². The molecule has 0 aliphatic heterocycles. The summed E-state index contributed by atoms with van der Waals surface area (Å²) in [5, 5.41) is 1.77. The SMILES string of the molecule is CCCCC1=[C]([Hf][CH]2C(P(C)C)=Cc3ccccc32)CC=C1C. The second-order valence-electron chi connectivity index (χ2n) is 6.82. The Bertz CT molecular complexity index is 679. The van der Waals surface area contributed by atoms with Crippen LogP contribution < -0.4 is 0 Å². The number of hydrogen-bond acceptors (Lipinski definition) is 0. The van der Waals surface area contributed by atoms with Crippen LogP contribution >= 0.6 is 7.92 Å². The summed E-state index contributed by atoms with van der Waals surface area (Å²) < 4.78 is 2.72. The Morgan fingerprint density at radius 3 is 2.74 bits per heavy atom. The molecule has 1 aromatic rings. The van der Waals surface area contributed by atoms with Gasteiger partial charge < -0.3 is 0 Å². The molecule has 0 saturated carbocycles. The molecule has 0 heterocycles. The molecule has 23 heavy (non-hydrogen) atoms. The maximum atomic E-state index is 2.53. The number of rotatable bonds is 6. The molecule has 120 valence electrons. The number of fused-ring (bicyclic) bond motifs is 1. The van der Waals surface area contributed by atoms with E-state index in [9.17, 15) is 0 Å². The van der Waals surface area contributed by atoms with Gasteiger partial charge in [-0.25, -0.2) is 0 Å². The van der Waals surface area contributed by atoms with Crippen molar-refractivity contribution in [1.82, 2.24) is 0 Å². The van der Waals surface area contributed by atoms with Gasteiger partial charge in [0.15, 0.2) is 0 Å². The van der Waals surface area contributed by atoms with E-state index in [4.69, 9.17) is 0 Å². The van der Waals surface area contributed by atoms with Crippen molar-refractivity contribution in [2.45, 2.75) is 43.2 Å². The van der Waals surface area contributed by atoms with Crippen LogP contribution in [0.4, 0.5) is 0 Å². The van der Waals surface area contributed by atoms with Gasteiger partial charge in [-0.3, -0.25) is 0 Å². The number of benzene rings is 1. The van der Waals surface area contributed by atoms with E-state index < -0.39 is 22.9 Å². The molecular weight excluding hydrogens is 462 g/mol. The molecule has 0 fully saturated rings. The Kier molecular flexibility index (Phi) is 5.92. The quantitative estimate of drug-likeness (QED) is 0.309. The molecule has 2 heteroatoms. The Hall–Kier alpha value is -0.260. The first kappa shape index (κ1) is 17.6. The third-order valence-electron chi connectivity index (χ3n) is 4.97. The summed E-state index contributed by atoms with van der Waals surface area (Å²) in [5.74, 6) is 0. The summed E-state index contributed by atoms with van der Waals surface area (Å²) in [4.78, 5) is 0. The predicted molar refractivity (Wildman–Crippen MR) is 101 cm³/mol. The van der Waals surface area contributed by atoms with Gasteiger partial charge >= 0.3 is 155 Å². The molecule has 0 N–H and O–H groups in total. The number of allylic oxidation sites excluding steroid dienone is 5. The van der Waals surface area contributed by atoms with Crippen molar-refractivity contribution in [3.05, 3.63) is 61.3 Å². The van der Waals surface area contributed by atoms with E-state index in [0.29, 0.717) is 0 Å². The molecule has 0 amide bonds. The van der Waals surface area contributed by atoms with Crippen molar-refractivity contribution in [2.24, 2.45) is 0 Å². The molecule has 0 spiro atoms. The predicted octanol–water partition coefficient (Wildman–Crippen LogP) is 6.70. The third kappa shape index (κ3) is 3.72. The first-order valence-electron chi connectivity index (χ1n) is 8.75. The Labute approximate surface area is 154 Å². The second kappa shape index (κ2) is 7.75. The number of hydrogen-bond donors (Lipinski definition) is 0. The first-order valence-corrected chi connectivity index (χ1v) is 14.9. The molecule has 2 aliphatic carbocycles. The summed E-state index contributed by atoms with van der Waals surface area (Å²) in [7, 11) is 0.0264. The summed E-state index contributed by atoms with van der Waals surface area (Å²) in [6.07, 6.45) is 10.3. The van der Waals surface area contributed by atoms with Gasteiger partial charge in [0.2, 0.25) is 0 Å². The van der Waals surface area contributed by atoms with E-state index in [-0.39, 0.29) is 7.92 Å². The minimum absolute atomic E-state index is 0.0264. The summed E-state index contributed by atoms with van der Waals surface area (Å²) >= 11 is -0.866. The van der Waals surface area contributed by atoms with Crippen LogP contribution in [0.2, 0.25) is 0 Å². The van der Waals surface area contributed by atoms with Gasteiger partial charge in [-0.05, 0) is 0 Å². The van der Waals surface area contributed by atoms with E-state index in [1.165, 1.54) is 31.2 Å². The molecule has 2 aliphatic rings. The zero-order valence-corrected chi connectivity index (χ0v) is 19.3. The zero-order valence-electron chi connectivity index (χ0n) is 14.8. The number of unbranched alkanes of at least 4 members (excludes halogenated alkanes) is 1. The molecule has 0 nitrogen and oxygen atoms in total. The normalized spacial score (nSPS) is 20.0. The van der Waals surface area contributed by atoms with Gasteiger partial charge in [-0.2, -0.15) is 0 Å². The molecular formula is C21H27HfP. The van der Waals surface area contributed by atoms with Crippen LogP contribution in [0.3, 0.4) is 0 Å². The monoisotopic (exact) mass is 490 g/mol. The molecule has 0 aromatic heterocycles. The van der Waals surface area contributed by atoms with Gasteiger partial charge in [-0.15, -0.1) is 0 Å². The van der Waals surface area contributed by atoms with Crippen LogP contribution in [-0.4, -0.2) is 13.3 Å². The standard InChI is InChI=1S/C11H12P.C10H15.Hf/c1-12(2)11-7-9-5-3-4-6-10(9)8-11;1-3-4-7-10-8-5-6-9(10)2;/h3-8H,1-2H3;6H,3-5,7H2,1-2H3;. The van der Waals surface area contributed by atoms with Crippen LogP contribution in [0.1, 0.15) is 54.3 Å². The fourth-order valence-electron chi connectivity index (χ4n) is 3.61. The van der Waals surface area contributed by atoms with Gasteiger partial charge in [0.25, 0.3) is 0 Å². The second-order valence-corrected chi connectivity index (χ2v) is 14.4. The van der Waals surface area contributed by atoms with Crippen molar-refractivity contribution in [3.8, 4) is 0 Å². The topological polar surface area (TPSA) is 0 Å². The molecule has 0 radical (unpaired) electrons. The van der Waals surface area contributed by atoms with Crippen molar-refractivity contribution in [1.29, 1.82) is 0 Å². The molecule has 0 bridgehead atoms. The third-order valence-corrected chi connectivity index (χ3v) is 13.6. The average molecular weight is 489 g/mol. The van der Waals surface area contributed by atoms with Gasteiger partial charge in [-0.1, -0.05) is 0 Å². The van der Waals surface area contributed by atoms with Gasteiger partial charge in [0, 0.05) is 0 Å². The summed E-state index contributed by atoms with van der Waals surface area (Å²) in [6, 6.07) is 9.16. The fourth-order valence-corrected chi connectivity index (χ4v) is 14.1. The molecule has 1 aromatic carbocycles. The van der Waals surface area contributed by atoms with Crippen molar-refractivity contribution in [3.63, 3.8) is 0 Å². The van der Waals surface area contributed by atoms with E-state index in [1.54, 1.807) is 22.0 Å². The summed E-state index contributed by atoms with van der Waals surface area (Å²) in [6.45, 7) is 9.53. The Morgan fingerprint density at radius 1 is 1.22 bits per heavy atom. The first-order chi connectivity index (χ1) is 11.1. The maximum absolute atomic E-state index is 2.53. The summed E-state index contributed by atoms with van der Waals surface area (Å²) in [5.41, 5.74) is 6.51. The van der Waals surface area contributed by atoms with Crippen molar-refractivity contribution >= 4 is 14.0 Å². The van der Waals surface area contributed by atoms with Gasteiger partial charge in [0.05, 0.1) is 0 Å². The Balaban J connectivity index is 1.89. The average Bonchev–Trinajstić information content (AvgIpc) is 3.08. The zero-order chi connectivity index (χ0) is 16.4. The minimum atomic E-state index is -0.866. The van der Waals surface area contributed by atoms with E-state index in [0.717, 1.165) is 3.67 Å². The van der Waals surface area contributed by atoms with Crippen molar-refractivity contribution < 1.29 is 22.9 Å². The van der Waals surface area contributed by atoms with E-state index >= 15 is 0 Å². The Morgan fingerprint density at radius 2 is 2.00 bits per heavy atom. The molecule has 0 saturated heterocycles.